The van der Waals surface area contributed by atoms with Crippen LogP contribution in [-0.4, -0.2) is 51.8 Å². The number of nitrogens with zero attached hydrogens (tertiary/aromatic N) is 3. The summed E-state index contributed by atoms with van der Waals surface area (Å²) in [6.45, 7) is 2.57. The Hall–Kier alpha value is -3.34. The first-order valence-electron chi connectivity index (χ1n) is 10.8. The van der Waals surface area contributed by atoms with Gasteiger partial charge in [0.1, 0.15) is 0 Å². The Balaban J connectivity index is 1.27. The summed E-state index contributed by atoms with van der Waals surface area (Å²) in [5.74, 6) is -0.927. The van der Waals surface area contributed by atoms with Gasteiger partial charge in [0.2, 0.25) is 5.91 Å². The van der Waals surface area contributed by atoms with Crippen LogP contribution in [0, 0.1) is 22.0 Å². The van der Waals surface area contributed by atoms with Crippen LogP contribution in [0.25, 0.3) is 11.3 Å². The Bertz CT molecular complexity index is 1070. The highest BCUT2D eigenvalue weighted by Crippen LogP contribution is 2.33. The number of piperidine rings is 1. The van der Waals surface area contributed by atoms with Gasteiger partial charge in [0.15, 0.2) is 11.2 Å². The first-order valence-corrected chi connectivity index (χ1v) is 11.7. The minimum Gasteiger partial charge on any atom is -0.452 e. The summed E-state index contributed by atoms with van der Waals surface area (Å²) < 4.78 is 5.36. The number of carbonyl (C=O) groups is 3. The molecule has 1 aromatic heterocycles. The second-order valence-electron chi connectivity index (χ2n) is 8.29. The second-order valence-corrected chi connectivity index (χ2v) is 9.15. The number of ether oxygens (including phenoxy) is 1. The van der Waals surface area contributed by atoms with Crippen molar-refractivity contribution in [2.75, 3.05) is 18.4 Å². The Morgan fingerprint density at radius 3 is 2.61 bits per heavy atom. The number of non-ortho nitro benzene ring substituents is 1. The molecule has 2 fully saturated rings. The molecule has 0 radical (unpaired) electrons. The van der Waals surface area contributed by atoms with Gasteiger partial charge < -0.3 is 9.64 Å². The summed E-state index contributed by atoms with van der Waals surface area (Å²) in [6, 6.07) is 6.07. The van der Waals surface area contributed by atoms with Gasteiger partial charge in [0.25, 0.3) is 11.6 Å². The second kappa shape index (κ2) is 9.65. The lowest BCUT2D eigenvalue weighted by atomic mass is 9.96. The summed E-state index contributed by atoms with van der Waals surface area (Å²) in [5.41, 5.74) is 1.01. The molecule has 1 aliphatic carbocycles. The molecule has 1 saturated heterocycles. The zero-order valence-electron chi connectivity index (χ0n) is 18.1. The molecular weight excluding hydrogens is 448 g/mol. The lowest BCUT2D eigenvalue weighted by Gasteiger charge is -2.31. The Morgan fingerprint density at radius 2 is 1.94 bits per heavy atom. The van der Waals surface area contributed by atoms with Crippen LogP contribution in [0.1, 0.15) is 32.6 Å². The van der Waals surface area contributed by atoms with E-state index in [1.54, 1.807) is 17.5 Å². The van der Waals surface area contributed by atoms with E-state index in [-0.39, 0.29) is 23.4 Å². The van der Waals surface area contributed by atoms with E-state index in [9.17, 15) is 24.5 Å². The molecular formula is C22H24N4O6S. The minimum atomic E-state index is -1.01. The zero-order chi connectivity index (χ0) is 23.5. The largest absolute Gasteiger partial charge is 0.452 e. The van der Waals surface area contributed by atoms with Crippen LogP contribution in [0.4, 0.5) is 10.8 Å². The van der Waals surface area contributed by atoms with E-state index in [0.29, 0.717) is 42.3 Å². The topological polar surface area (TPSA) is 132 Å². The van der Waals surface area contributed by atoms with Crippen molar-refractivity contribution in [3.63, 3.8) is 0 Å². The minimum absolute atomic E-state index is 0.0469. The number of amides is 2. The number of thiazole rings is 1. The Labute approximate surface area is 194 Å². The number of nitrogens with one attached hydrogen (secondary N) is 1. The number of rotatable bonds is 7. The molecule has 2 aromatic rings. The van der Waals surface area contributed by atoms with Crippen LogP contribution in [0.2, 0.25) is 0 Å². The normalized spacial score (nSPS) is 17.3. The molecule has 2 aliphatic rings. The predicted octanol–water partition coefficient (Wildman–Crippen LogP) is 3.24. The maximum Gasteiger partial charge on any atom is 0.309 e. The SMILES string of the molecule is CC(OC(=O)C1CCN(C(=O)C2CC2)CC1)C(=O)Nc1nc(-c2cccc([N+](=O)[O-])c2)cs1. The summed E-state index contributed by atoms with van der Waals surface area (Å²) in [4.78, 5) is 53.7. The van der Waals surface area contributed by atoms with Crippen molar-refractivity contribution in [2.45, 2.75) is 38.7 Å². The van der Waals surface area contributed by atoms with Gasteiger partial charge in [-0.15, -0.1) is 11.3 Å². The van der Waals surface area contributed by atoms with E-state index < -0.39 is 22.9 Å². The summed E-state index contributed by atoms with van der Waals surface area (Å²) in [7, 11) is 0. The van der Waals surface area contributed by atoms with Crippen molar-refractivity contribution in [1.82, 2.24) is 9.88 Å². The maximum atomic E-state index is 12.5. The summed E-state index contributed by atoms with van der Waals surface area (Å²) in [5, 5.41) is 15.6. The highest BCUT2D eigenvalue weighted by Gasteiger charge is 2.36. The molecule has 10 nitrogen and oxygen atoms in total. The molecule has 1 unspecified atom stereocenters. The summed E-state index contributed by atoms with van der Waals surface area (Å²) in [6.07, 6.45) is 1.97. The summed E-state index contributed by atoms with van der Waals surface area (Å²) >= 11 is 1.17. The van der Waals surface area contributed by atoms with E-state index >= 15 is 0 Å². The van der Waals surface area contributed by atoms with Gasteiger partial charge >= 0.3 is 5.97 Å². The number of anilines is 1. The molecule has 1 aromatic carbocycles. The van der Waals surface area contributed by atoms with E-state index in [0.717, 1.165) is 12.8 Å². The van der Waals surface area contributed by atoms with Crippen LogP contribution in [0.3, 0.4) is 0 Å². The average Bonchev–Trinajstić information content (AvgIpc) is 3.57. The molecule has 1 saturated carbocycles. The van der Waals surface area contributed by atoms with Crippen LogP contribution in [0.5, 0.6) is 0 Å². The number of esters is 1. The fraction of sp³-hybridized carbons (Fsp3) is 0.455. The van der Waals surface area contributed by atoms with Crippen molar-refractivity contribution in [1.29, 1.82) is 0 Å². The highest BCUT2D eigenvalue weighted by molar-refractivity contribution is 7.14. The quantitative estimate of drug-likeness (QED) is 0.372. The van der Waals surface area contributed by atoms with Crippen molar-refractivity contribution in [3.8, 4) is 11.3 Å². The molecule has 11 heteroatoms. The van der Waals surface area contributed by atoms with E-state index in [1.165, 1.54) is 30.4 Å². The molecule has 174 valence electrons. The maximum absolute atomic E-state index is 12.5. The van der Waals surface area contributed by atoms with Gasteiger partial charge in [-0.25, -0.2) is 4.98 Å². The third kappa shape index (κ3) is 5.54. The third-order valence-electron chi connectivity index (χ3n) is 5.82. The number of carbonyl (C=O) groups excluding carboxylic acids is 3. The fourth-order valence-corrected chi connectivity index (χ4v) is 4.42. The zero-order valence-corrected chi connectivity index (χ0v) is 18.9. The number of likely N-dealkylation sites (tertiary alicyclic amines) is 1. The molecule has 2 heterocycles. The van der Waals surface area contributed by atoms with Crippen molar-refractivity contribution in [2.24, 2.45) is 11.8 Å². The number of nitro groups is 1. The van der Waals surface area contributed by atoms with Crippen LogP contribution < -0.4 is 5.32 Å². The lowest BCUT2D eigenvalue weighted by molar-refractivity contribution is -0.384. The third-order valence-corrected chi connectivity index (χ3v) is 6.57. The Kier molecular flexibility index (Phi) is 6.68. The first-order chi connectivity index (χ1) is 15.8. The van der Waals surface area contributed by atoms with Crippen molar-refractivity contribution < 1.29 is 24.0 Å². The molecule has 0 spiro atoms. The highest BCUT2D eigenvalue weighted by atomic mass is 32.1. The van der Waals surface area contributed by atoms with Gasteiger partial charge in [-0.1, -0.05) is 12.1 Å². The fourth-order valence-electron chi connectivity index (χ4n) is 3.70. The number of nitro benzene ring substituents is 1. The smallest absolute Gasteiger partial charge is 0.309 e. The molecule has 4 rings (SSSR count). The molecule has 33 heavy (non-hydrogen) atoms. The molecule has 1 aliphatic heterocycles. The van der Waals surface area contributed by atoms with Gasteiger partial charge in [-0.05, 0) is 32.6 Å². The van der Waals surface area contributed by atoms with Gasteiger partial charge in [0.05, 0.1) is 16.5 Å². The van der Waals surface area contributed by atoms with Gasteiger partial charge in [-0.2, -0.15) is 0 Å². The monoisotopic (exact) mass is 472 g/mol. The van der Waals surface area contributed by atoms with E-state index in [2.05, 4.69) is 10.3 Å². The number of hydrogen-bond acceptors (Lipinski definition) is 8. The van der Waals surface area contributed by atoms with Crippen molar-refractivity contribution >= 4 is 39.9 Å². The average molecular weight is 473 g/mol. The predicted molar refractivity (Wildman–Crippen MR) is 120 cm³/mol. The first kappa shape index (κ1) is 22.8. The van der Waals surface area contributed by atoms with Crippen LogP contribution >= 0.6 is 11.3 Å². The molecule has 2 amide bonds. The van der Waals surface area contributed by atoms with E-state index in [1.807, 2.05) is 4.90 Å². The van der Waals surface area contributed by atoms with E-state index in [4.69, 9.17) is 4.74 Å². The van der Waals surface area contributed by atoms with Crippen LogP contribution in [0.15, 0.2) is 29.6 Å². The number of benzene rings is 1. The number of hydrogen-bond donors (Lipinski definition) is 1. The molecule has 0 bridgehead atoms. The molecule has 1 atom stereocenters. The lowest BCUT2D eigenvalue weighted by Crippen LogP contribution is -2.42. The van der Waals surface area contributed by atoms with Crippen LogP contribution in [-0.2, 0) is 19.1 Å². The van der Waals surface area contributed by atoms with Gasteiger partial charge in [-0.3, -0.25) is 29.8 Å². The number of aromatic nitrogens is 1. The standard InChI is InChI=1S/C22H24N4O6S/c1-13(32-21(29)15-7-9-25(10-8-15)20(28)14-5-6-14)19(27)24-22-23-18(12-33-22)16-3-2-4-17(11-16)26(30)31/h2-4,11-15H,5-10H2,1H3,(H,23,24,27). The van der Waals surface area contributed by atoms with Gasteiger partial charge in [0, 0.05) is 42.1 Å². The Morgan fingerprint density at radius 1 is 1.21 bits per heavy atom. The molecule has 1 N–H and O–H groups in total. The van der Waals surface area contributed by atoms with Crippen molar-refractivity contribution in [3.05, 3.63) is 39.8 Å².